The summed E-state index contributed by atoms with van der Waals surface area (Å²) >= 11 is 0. The van der Waals surface area contributed by atoms with Crippen molar-refractivity contribution >= 4 is 21.8 Å². The molecule has 2 amide bonds. The summed E-state index contributed by atoms with van der Waals surface area (Å²) in [5.41, 5.74) is 0. The molecule has 0 saturated carbocycles. The van der Waals surface area contributed by atoms with E-state index in [1.165, 1.54) is 0 Å². The third-order valence-electron chi connectivity index (χ3n) is 2.18. The molecule has 0 bridgehead atoms. The van der Waals surface area contributed by atoms with E-state index in [9.17, 15) is 18.0 Å². The number of rotatable bonds is 7. The average Bonchev–Trinajstić information content (AvgIpc) is 2.12. The Morgan fingerprint density at radius 1 is 1.28 bits per heavy atom. The van der Waals surface area contributed by atoms with Gasteiger partial charge in [-0.3, -0.25) is 4.79 Å². The van der Waals surface area contributed by atoms with Gasteiger partial charge < -0.3 is 15.7 Å². The Kier molecular flexibility index (Phi) is 6.67. The van der Waals surface area contributed by atoms with Gasteiger partial charge in [0, 0.05) is 18.3 Å². The highest BCUT2D eigenvalue weighted by Gasteiger charge is 2.17. The number of carbonyl (C=O) groups is 2. The number of amides is 2. The van der Waals surface area contributed by atoms with Gasteiger partial charge in [0.1, 0.15) is 9.84 Å². The van der Waals surface area contributed by atoms with Gasteiger partial charge in [0.05, 0.1) is 12.2 Å². The molecular formula is C10H20N2O5S. The number of nitrogens with one attached hydrogen (secondary N) is 2. The minimum Gasteiger partial charge on any atom is -0.481 e. The largest absolute Gasteiger partial charge is 0.481 e. The topological polar surface area (TPSA) is 113 Å². The third kappa shape index (κ3) is 8.80. The molecule has 3 N–H and O–H groups in total. The van der Waals surface area contributed by atoms with Crippen LogP contribution in [0.2, 0.25) is 0 Å². The van der Waals surface area contributed by atoms with Crippen LogP contribution in [0.15, 0.2) is 0 Å². The van der Waals surface area contributed by atoms with Gasteiger partial charge in [-0.2, -0.15) is 0 Å². The number of carboxylic acids is 1. The normalized spacial score (nSPS) is 14.6. The van der Waals surface area contributed by atoms with Crippen molar-refractivity contribution in [3.8, 4) is 0 Å². The number of hydrogen-bond acceptors (Lipinski definition) is 4. The van der Waals surface area contributed by atoms with Crippen LogP contribution < -0.4 is 10.6 Å². The monoisotopic (exact) mass is 280 g/mol. The first kappa shape index (κ1) is 16.7. The maximum absolute atomic E-state index is 11.5. The maximum Gasteiger partial charge on any atom is 0.315 e. The van der Waals surface area contributed by atoms with Gasteiger partial charge >= 0.3 is 12.0 Å². The molecule has 7 nitrogen and oxygen atoms in total. The predicted octanol–water partition coefficient (Wildman–Crippen LogP) is -0.0280. The Labute approximate surface area is 107 Å². The molecule has 0 aromatic carbocycles. The van der Waals surface area contributed by atoms with Crippen molar-refractivity contribution in [1.29, 1.82) is 0 Å². The van der Waals surface area contributed by atoms with Gasteiger partial charge in [0.2, 0.25) is 0 Å². The van der Waals surface area contributed by atoms with Crippen molar-refractivity contribution in [2.24, 2.45) is 0 Å². The molecule has 18 heavy (non-hydrogen) atoms. The highest BCUT2D eigenvalue weighted by Crippen LogP contribution is 1.98. The second-order valence-electron chi connectivity index (χ2n) is 4.31. The van der Waals surface area contributed by atoms with Crippen LogP contribution in [-0.2, 0) is 14.6 Å². The van der Waals surface area contributed by atoms with Crippen molar-refractivity contribution in [3.63, 3.8) is 0 Å². The standard InChI is InChI=1S/C10H20N2O5S/c1-4-8(5-9(13)14)12-10(15)11-7(2)6-18(3,16)17/h7-8H,4-6H2,1-3H3,(H,13,14)(H2,11,12,15). The SMILES string of the molecule is CCC(CC(=O)O)NC(=O)NC(C)CS(C)(=O)=O. The Morgan fingerprint density at radius 3 is 2.22 bits per heavy atom. The van der Waals surface area contributed by atoms with Gasteiger partial charge in [-0.25, -0.2) is 13.2 Å². The molecular weight excluding hydrogens is 260 g/mol. The van der Waals surface area contributed by atoms with Crippen molar-refractivity contribution in [3.05, 3.63) is 0 Å². The minimum absolute atomic E-state index is 0.157. The summed E-state index contributed by atoms with van der Waals surface area (Å²) < 4.78 is 22.0. The predicted molar refractivity (Wildman–Crippen MR) is 67.2 cm³/mol. The highest BCUT2D eigenvalue weighted by atomic mass is 32.2. The number of carboxylic acid groups (broad SMARTS) is 1. The van der Waals surface area contributed by atoms with Crippen LogP contribution in [0.5, 0.6) is 0 Å². The van der Waals surface area contributed by atoms with E-state index in [2.05, 4.69) is 10.6 Å². The fraction of sp³-hybridized carbons (Fsp3) is 0.800. The van der Waals surface area contributed by atoms with E-state index in [0.717, 1.165) is 6.26 Å². The molecule has 2 unspecified atom stereocenters. The first-order valence-electron chi connectivity index (χ1n) is 5.60. The van der Waals surface area contributed by atoms with Gasteiger partial charge in [-0.15, -0.1) is 0 Å². The molecule has 0 rings (SSSR count). The summed E-state index contributed by atoms with van der Waals surface area (Å²) in [6, 6.07) is -1.55. The van der Waals surface area contributed by atoms with E-state index in [-0.39, 0.29) is 12.2 Å². The number of urea groups is 1. The number of hydrogen-bond donors (Lipinski definition) is 3. The van der Waals surface area contributed by atoms with E-state index in [1.54, 1.807) is 13.8 Å². The zero-order valence-electron chi connectivity index (χ0n) is 10.8. The zero-order chi connectivity index (χ0) is 14.3. The molecule has 0 heterocycles. The Hall–Kier alpha value is -1.31. The van der Waals surface area contributed by atoms with Crippen LogP contribution in [0.3, 0.4) is 0 Å². The fourth-order valence-corrected chi connectivity index (χ4v) is 2.45. The first-order chi connectivity index (χ1) is 8.14. The zero-order valence-corrected chi connectivity index (χ0v) is 11.6. The number of carbonyl (C=O) groups excluding carboxylic acids is 1. The summed E-state index contributed by atoms with van der Waals surface area (Å²) in [6.45, 7) is 3.33. The molecule has 0 aliphatic heterocycles. The smallest absolute Gasteiger partial charge is 0.315 e. The van der Waals surface area contributed by atoms with E-state index >= 15 is 0 Å². The van der Waals surface area contributed by atoms with E-state index in [1.807, 2.05) is 0 Å². The van der Waals surface area contributed by atoms with Crippen molar-refractivity contribution in [2.45, 2.75) is 38.8 Å². The van der Waals surface area contributed by atoms with Gasteiger partial charge in [0.25, 0.3) is 0 Å². The molecule has 0 spiro atoms. The van der Waals surface area contributed by atoms with Gasteiger partial charge in [-0.05, 0) is 13.3 Å². The summed E-state index contributed by atoms with van der Waals surface area (Å²) in [4.78, 5) is 22.0. The molecule has 0 saturated heterocycles. The van der Waals surface area contributed by atoms with Crippen LogP contribution in [0.25, 0.3) is 0 Å². The van der Waals surface area contributed by atoms with Crippen molar-refractivity contribution in [2.75, 3.05) is 12.0 Å². The molecule has 2 atom stereocenters. The van der Waals surface area contributed by atoms with E-state index < -0.39 is 33.9 Å². The van der Waals surface area contributed by atoms with Crippen LogP contribution in [0.4, 0.5) is 4.79 Å². The van der Waals surface area contributed by atoms with Crippen LogP contribution in [-0.4, -0.2) is 49.6 Å². The lowest BCUT2D eigenvalue weighted by molar-refractivity contribution is -0.137. The van der Waals surface area contributed by atoms with Crippen LogP contribution in [0, 0.1) is 0 Å². The second kappa shape index (κ2) is 7.20. The molecule has 106 valence electrons. The Morgan fingerprint density at radius 2 is 1.83 bits per heavy atom. The van der Waals surface area contributed by atoms with Crippen LogP contribution >= 0.6 is 0 Å². The molecule has 0 aromatic heterocycles. The number of sulfone groups is 1. The van der Waals surface area contributed by atoms with E-state index in [4.69, 9.17) is 5.11 Å². The lowest BCUT2D eigenvalue weighted by Gasteiger charge is -2.18. The summed E-state index contributed by atoms with van der Waals surface area (Å²) in [5, 5.41) is 13.6. The molecule has 0 aliphatic rings. The minimum atomic E-state index is -3.16. The van der Waals surface area contributed by atoms with Crippen molar-refractivity contribution in [1.82, 2.24) is 10.6 Å². The lowest BCUT2D eigenvalue weighted by Crippen LogP contribution is -2.47. The molecule has 0 radical (unpaired) electrons. The van der Waals surface area contributed by atoms with E-state index in [0.29, 0.717) is 6.42 Å². The quantitative estimate of drug-likeness (QED) is 0.606. The maximum atomic E-state index is 11.5. The van der Waals surface area contributed by atoms with Gasteiger partial charge in [-0.1, -0.05) is 6.92 Å². The number of aliphatic carboxylic acids is 1. The fourth-order valence-electron chi connectivity index (χ4n) is 1.45. The average molecular weight is 280 g/mol. The third-order valence-corrected chi connectivity index (χ3v) is 3.28. The first-order valence-corrected chi connectivity index (χ1v) is 7.66. The van der Waals surface area contributed by atoms with Gasteiger partial charge in [0.15, 0.2) is 0 Å². The molecule has 0 fully saturated rings. The molecule has 8 heteroatoms. The highest BCUT2D eigenvalue weighted by molar-refractivity contribution is 7.90. The Bertz CT molecular complexity index is 393. The molecule has 0 aliphatic carbocycles. The Balaban J connectivity index is 4.20. The van der Waals surface area contributed by atoms with Crippen LogP contribution in [0.1, 0.15) is 26.7 Å². The second-order valence-corrected chi connectivity index (χ2v) is 6.50. The summed E-state index contributed by atoms with van der Waals surface area (Å²) in [6.07, 6.45) is 1.41. The summed E-state index contributed by atoms with van der Waals surface area (Å²) in [5.74, 6) is -1.15. The van der Waals surface area contributed by atoms with Crippen molar-refractivity contribution < 1.29 is 23.1 Å². The summed E-state index contributed by atoms with van der Waals surface area (Å²) in [7, 11) is -3.16. The lowest BCUT2D eigenvalue weighted by atomic mass is 10.1. The molecule has 0 aromatic rings.